The van der Waals surface area contributed by atoms with Crippen LogP contribution in [0.15, 0.2) is 4.99 Å². The van der Waals surface area contributed by atoms with Crippen molar-refractivity contribution < 1.29 is 0 Å². The van der Waals surface area contributed by atoms with Crippen LogP contribution in [-0.2, 0) is 0 Å². The molecule has 0 saturated carbocycles. The SMILES string of the molecule is CC1=NC(C)(C(C)C)SCC1. The lowest BCUT2D eigenvalue weighted by molar-refractivity contribution is 0.482. The molecule has 0 radical (unpaired) electrons. The van der Waals surface area contributed by atoms with Crippen molar-refractivity contribution >= 4 is 17.5 Å². The molecule has 0 fully saturated rings. The number of thioether (sulfide) groups is 1. The van der Waals surface area contributed by atoms with Crippen LogP contribution in [-0.4, -0.2) is 16.3 Å². The molecule has 0 aromatic carbocycles. The molecule has 1 aliphatic heterocycles. The Balaban J connectivity index is 2.78. The summed E-state index contributed by atoms with van der Waals surface area (Å²) in [5, 5.41) is 0. The van der Waals surface area contributed by atoms with Gasteiger partial charge in [0.15, 0.2) is 0 Å². The lowest BCUT2D eigenvalue weighted by atomic mass is 10.1. The summed E-state index contributed by atoms with van der Waals surface area (Å²) in [6.45, 7) is 8.87. The molecule has 0 bridgehead atoms. The lowest BCUT2D eigenvalue weighted by Crippen LogP contribution is -2.29. The van der Waals surface area contributed by atoms with Gasteiger partial charge < -0.3 is 0 Å². The van der Waals surface area contributed by atoms with E-state index in [4.69, 9.17) is 4.99 Å². The molecule has 1 aliphatic rings. The van der Waals surface area contributed by atoms with Gasteiger partial charge in [-0.2, -0.15) is 0 Å². The van der Waals surface area contributed by atoms with Gasteiger partial charge in [-0.3, -0.25) is 4.99 Å². The summed E-state index contributed by atoms with van der Waals surface area (Å²) in [5.41, 5.74) is 1.32. The Hall–Kier alpha value is 0.0200. The van der Waals surface area contributed by atoms with Crippen molar-refractivity contribution in [1.82, 2.24) is 0 Å². The highest BCUT2D eigenvalue weighted by Crippen LogP contribution is 2.37. The van der Waals surface area contributed by atoms with Gasteiger partial charge in [0, 0.05) is 11.5 Å². The highest BCUT2D eigenvalue weighted by molar-refractivity contribution is 8.00. The van der Waals surface area contributed by atoms with Crippen LogP contribution in [0.2, 0.25) is 0 Å². The molecule has 1 atom stereocenters. The molecule has 2 heteroatoms. The minimum absolute atomic E-state index is 0.155. The number of hydrogen-bond donors (Lipinski definition) is 0. The Morgan fingerprint density at radius 2 is 2.18 bits per heavy atom. The van der Waals surface area contributed by atoms with Crippen LogP contribution in [0.3, 0.4) is 0 Å². The summed E-state index contributed by atoms with van der Waals surface area (Å²) in [5.74, 6) is 1.88. The van der Waals surface area contributed by atoms with Crippen molar-refractivity contribution in [2.75, 3.05) is 5.75 Å². The van der Waals surface area contributed by atoms with E-state index < -0.39 is 0 Å². The van der Waals surface area contributed by atoms with Gasteiger partial charge in [0.05, 0.1) is 0 Å². The van der Waals surface area contributed by atoms with Gasteiger partial charge in [0.1, 0.15) is 4.87 Å². The number of hydrogen-bond acceptors (Lipinski definition) is 2. The molecule has 0 aromatic heterocycles. The van der Waals surface area contributed by atoms with Crippen LogP contribution in [0.1, 0.15) is 34.1 Å². The Morgan fingerprint density at radius 3 is 2.55 bits per heavy atom. The molecule has 1 heterocycles. The van der Waals surface area contributed by atoms with E-state index in [2.05, 4.69) is 27.7 Å². The van der Waals surface area contributed by atoms with E-state index in [0.717, 1.165) is 0 Å². The Morgan fingerprint density at radius 1 is 1.55 bits per heavy atom. The van der Waals surface area contributed by atoms with E-state index >= 15 is 0 Å². The van der Waals surface area contributed by atoms with Gasteiger partial charge in [0.25, 0.3) is 0 Å². The molecule has 0 saturated heterocycles. The summed E-state index contributed by atoms with van der Waals surface area (Å²) in [4.78, 5) is 4.85. The molecule has 11 heavy (non-hydrogen) atoms. The maximum atomic E-state index is 4.69. The Labute approximate surface area is 73.7 Å². The van der Waals surface area contributed by atoms with E-state index in [1.54, 1.807) is 0 Å². The van der Waals surface area contributed by atoms with E-state index in [0.29, 0.717) is 5.92 Å². The monoisotopic (exact) mass is 171 g/mol. The minimum Gasteiger partial charge on any atom is -0.277 e. The molecule has 64 valence electrons. The third kappa shape index (κ3) is 1.98. The smallest absolute Gasteiger partial charge is 0.105 e. The summed E-state index contributed by atoms with van der Waals surface area (Å²) < 4.78 is 0. The largest absolute Gasteiger partial charge is 0.277 e. The fraction of sp³-hybridized carbons (Fsp3) is 0.889. The summed E-state index contributed by atoms with van der Waals surface area (Å²) in [6.07, 6.45) is 1.17. The Bertz CT molecular complexity index is 174. The molecule has 0 aliphatic carbocycles. The second-order valence-electron chi connectivity index (χ2n) is 3.65. The average molecular weight is 171 g/mol. The van der Waals surface area contributed by atoms with Gasteiger partial charge in [0.2, 0.25) is 0 Å². The van der Waals surface area contributed by atoms with Crippen LogP contribution >= 0.6 is 11.8 Å². The first kappa shape index (κ1) is 9.11. The fourth-order valence-corrected chi connectivity index (χ4v) is 2.53. The van der Waals surface area contributed by atoms with Crippen molar-refractivity contribution in [1.29, 1.82) is 0 Å². The highest BCUT2D eigenvalue weighted by Gasteiger charge is 2.30. The molecule has 0 aromatic rings. The molecule has 1 nitrogen and oxygen atoms in total. The molecular weight excluding hydrogens is 154 g/mol. The summed E-state index contributed by atoms with van der Waals surface area (Å²) in [7, 11) is 0. The minimum atomic E-state index is 0.155. The molecule has 0 spiro atoms. The van der Waals surface area contributed by atoms with Gasteiger partial charge in [-0.1, -0.05) is 13.8 Å². The number of nitrogens with zero attached hydrogens (tertiary/aromatic N) is 1. The van der Waals surface area contributed by atoms with Crippen LogP contribution in [0.5, 0.6) is 0 Å². The third-order valence-electron chi connectivity index (χ3n) is 2.34. The summed E-state index contributed by atoms with van der Waals surface area (Å²) in [6, 6.07) is 0. The normalized spacial score (nSPS) is 32.3. The van der Waals surface area contributed by atoms with E-state index in [1.807, 2.05) is 11.8 Å². The van der Waals surface area contributed by atoms with Crippen molar-refractivity contribution in [3.63, 3.8) is 0 Å². The number of aliphatic imine (C=N–C) groups is 1. The van der Waals surface area contributed by atoms with Crippen molar-refractivity contribution in [2.45, 2.75) is 39.0 Å². The predicted molar refractivity (Wildman–Crippen MR) is 53.4 cm³/mol. The fourth-order valence-electron chi connectivity index (χ4n) is 1.17. The second kappa shape index (κ2) is 3.18. The van der Waals surface area contributed by atoms with Crippen LogP contribution < -0.4 is 0 Å². The molecular formula is C9H17NS. The number of rotatable bonds is 1. The average Bonchev–Trinajstić information content (AvgIpc) is 1.86. The van der Waals surface area contributed by atoms with E-state index in [9.17, 15) is 0 Å². The van der Waals surface area contributed by atoms with Gasteiger partial charge >= 0.3 is 0 Å². The molecule has 0 N–H and O–H groups in total. The lowest BCUT2D eigenvalue weighted by Gasteiger charge is -2.33. The topological polar surface area (TPSA) is 12.4 Å². The maximum absolute atomic E-state index is 4.69. The zero-order chi connectivity index (χ0) is 8.48. The first-order chi connectivity index (χ1) is 5.04. The van der Waals surface area contributed by atoms with Crippen molar-refractivity contribution in [3.8, 4) is 0 Å². The second-order valence-corrected chi connectivity index (χ2v) is 5.18. The highest BCUT2D eigenvalue weighted by atomic mass is 32.2. The predicted octanol–water partition coefficient (Wildman–Crippen LogP) is 2.96. The van der Waals surface area contributed by atoms with Gasteiger partial charge in [-0.05, 0) is 26.2 Å². The van der Waals surface area contributed by atoms with E-state index in [-0.39, 0.29) is 4.87 Å². The van der Waals surface area contributed by atoms with Crippen LogP contribution in [0.25, 0.3) is 0 Å². The zero-order valence-corrected chi connectivity index (χ0v) is 8.66. The van der Waals surface area contributed by atoms with Crippen LogP contribution in [0, 0.1) is 5.92 Å². The summed E-state index contributed by atoms with van der Waals surface area (Å²) >= 11 is 1.99. The first-order valence-electron chi connectivity index (χ1n) is 4.24. The zero-order valence-electron chi connectivity index (χ0n) is 7.85. The van der Waals surface area contributed by atoms with Crippen LogP contribution in [0.4, 0.5) is 0 Å². The van der Waals surface area contributed by atoms with Gasteiger partial charge in [-0.25, -0.2) is 0 Å². The van der Waals surface area contributed by atoms with Gasteiger partial charge in [-0.15, -0.1) is 11.8 Å². The maximum Gasteiger partial charge on any atom is 0.105 e. The first-order valence-corrected chi connectivity index (χ1v) is 5.22. The standard InChI is InChI=1S/C9H17NS/c1-7(2)9(4)10-8(3)5-6-11-9/h7H,5-6H2,1-4H3. The quantitative estimate of drug-likeness (QED) is 0.591. The third-order valence-corrected chi connectivity index (χ3v) is 3.90. The molecule has 0 amide bonds. The van der Waals surface area contributed by atoms with Crippen molar-refractivity contribution in [2.24, 2.45) is 10.9 Å². The molecule has 1 rings (SSSR count). The van der Waals surface area contributed by atoms with E-state index in [1.165, 1.54) is 17.9 Å². The van der Waals surface area contributed by atoms with Crippen molar-refractivity contribution in [3.05, 3.63) is 0 Å². The Kier molecular flexibility index (Phi) is 2.63. The molecule has 1 unspecified atom stereocenters.